The van der Waals surface area contributed by atoms with Crippen molar-refractivity contribution in [1.82, 2.24) is 5.32 Å². The predicted molar refractivity (Wildman–Crippen MR) is 87.6 cm³/mol. The van der Waals surface area contributed by atoms with E-state index in [-0.39, 0.29) is 23.6 Å². The van der Waals surface area contributed by atoms with Crippen LogP contribution in [0.1, 0.15) is 24.4 Å². The molecular formula is C19H18F2N2O. The third kappa shape index (κ3) is 2.23. The van der Waals surface area contributed by atoms with E-state index in [4.69, 9.17) is 0 Å². The zero-order chi connectivity index (χ0) is 16.7. The Labute approximate surface area is 139 Å². The molecule has 2 fully saturated rings. The number of hydrogen-bond donors (Lipinski definition) is 1. The Morgan fingerprint density at radius 2 is 1.46 bits per heavy atom. The summed E-state index contributed by atoms with van der Waals surface area (Å²) in [6.45, 7) is 1.58. The molecule has 0 aliphatic carbocycles. The minimum atomic E-state index is -0.447. The van der Waals surface area contributed by atoms with Crippen LogP contribution in [0.25, 0.3) is 0 Å². The first-order valence-corrected chi connectivity index (χ1v) is 8.17. The lowest BCUT2D eigenvalue weighted by Gasteiger charge is -2.58. The lowest BCUT2D eigenvalue weighted by Crippen LogP contribution is -2.66. The Balaban J connectivity index is 1.76. The van der Waals surface area contributed by atoms with Crippen LogP contribution in [0.3, 0.4) is 0 Å². The van der Waals surface area contributed by atoms with E-state index in [1.54, 1.807) is 29.2 Å². The van der Waals surface area contributed by atoms with Crippen molar-refractivity contribution in [3.63, 3.8) is 0 Å². The minimum Gasteiger partial charge on any atom is -0.317 e. The third-order valence-corrected chi connectivity index (χ3v) is 5.21. The fourth-order valence-corrected chi connectivity index (χ4v) is 4.00. The molecule has 0 aromatic heterocycles. The van der Waals surface area contributed by atoms with Crippen molar-refractivity contribution in [2.45, 2.75) is 18.9 Å². The highest BCUT2D eigenvalue weighted by atomic mass is 19.1. The fraction of sp³-hybridized carbons (Fsp3) is 0.316. The van der Waals surface area contributed by atoms with Gasteiger partial charge in [0.15, 0.2) is 0 Å². The van der Waals surface area contributed by atoms with Crippen LogP contribution < -0.4 is 10.2 Å². The Morgan fingerprint density at radius 3 is 2.04 bits per heavy atom. The molecular weight excluding hydrogens is 310 g/mol. The summed E-state index contributed by atoms with van der Waals surface area (Å²) < 4.78 is 26.5. The van der Waals surface area contributed by atoms with Gasteiger partial charge < -0.3 is 10.2 Å². The number of nitrogens with zero attached hydrogens (tertiary/aromatic N) is 1. The second kappa shape index (κ2) is 5.67. The van der Waals surface area contributed by atoms with Gasteiger partial charge in [-0.3, -0.25) is 4.79 Å². The Kier molecular flexibility index (Phi) is 3.61. The fourth-order valence-electron chi connectivity index (χ4n) is 4.00. The SMILES string of the molecule is O=C1N(c2ccc(F)cc2)C(c2ccc(F)cc2)C12CCNCC2. The van der Waals surface area contributed by atoms with Gasteiger partial charge in [0.25, 0.3) is 0 Å². The van der Waals surface area contributed by atoms with Gasteiger partial charge in [-0.25, -0.2) is 8.78 Å². The van der Waals surface area contributed by atoms with Gasteiger partial charge in [-0.1, -0.05) is 12.1 Å². The van der Waals surface area contributed by atoms with Crippen LogP contribution in [0.4, 0.5) is 14.5 Å². The van der Waals surface area contributed by atoms with Crippen LogP contribution in [0.5, 0.6) is 0 Å². The molecule has 124 valence electrons. The van der Waals surface area contributed by atoms with Crippen LogP contribution in [0.2, 0.25) is 0 Å². The monoisotopic (exact) mass is 328 g/mol. The Bertz CT molecular complexity index is 752. The van der Waals surface area contributed by atoms with Gasteiger partial charge >= 0.3 is 0 Å². The average molecular weight is 328 g/mol. The van der Waals surface area contributed by atoms with E-state index in [2.05, 4.69) is 5.32 Å². The van der Waals surface area contributed by atoms with Crippen molar-refractivity contribution in [3.8, 4) is 0 Å². The van der Waals surface area contributed by atoms with E-state index >= 15 is 0 Å². The molecule has 1 unspecified atom stereocenters. The maximum absolute atomic E-state index is 13.3. The molecule has 2 aliphatic heterocycles. The van der Waals surface area contributed by atoms with Crippen molar-refractivity contribution < 1.29 is 13.6 Å². The van der Waals surface area contributed by atoms with Crippen molar-refractivity contribution in [2.24, 2.45) is 5.41 Å². The van der Waals surface area contributed by atoms with Crippen molar-refractivity contribution in [3.05, 3.63) is 65.7 Å². The smallest absolute Gasteiger partial charge is 0.236 e. The number of piperidine rings is 1. The highest BCUT2D eigenvalue weighted by Crippen LogP contribution is 2.56. The Hall–Kier alpha value is -2.27. The van der Waals surface area contributed by atoms with E-state index in [0.29, 0.717) is 5.69 Å². The molecule has 1 amide bonds. The minimum absolute atomic E-state index is 0.0740. The van der Waals surface area contributed by atoms with E-state index in [9.17, 15) is 13.6 Å². The number of benzene rings is 2. The Morgan fingerprint density at radius 1 is 0.917 bits per heavy atom. The first-order chi connectivity index (χ1) is 11.6. The predicted octanol–water partition coefficient (Wildman–Crippen LogP) is 3.42. The average Bonchev–Trinajstić information content (AvgIpc) is 2.62. The molecule has 2 saturated heterocycles. The number of anilines is 1. The maximum Gasteiger partial charge on any atom is 0.236 e. The lowest BCUT2D eigenvalue weighted by atomic mass is 9.62. The van der Waals surface area contributed by atoms with E-state index < -0.39 is 5.41 Å². The number of amides is 1. The van der Waals surface area contributed by atoms with Crippen LogP contribution in [-0.4, -0.2) is 19.0 Å². The van der Waals surface area contributed by atoms with Crippen LogP contribution in [0.15, 0.2) is 48.5 Å². The van der Waals surface area contributed by atoms with E-state index in [0.717, 1.165) is 31.5 Å². The summed E-state index contributed by atoms with van der Waals surface area (Å²) in [4.78, 5) is 14.7. The molecule has 5 heteroatoms. The number of carbonyl (C=O) groups excluding carboxylic acids is 1. The third-order valence-electron chi connectivity index (χ3n) is 5.21. The molecule has 2 aromatic rings. The van der Waals surface area contributed by atoms with Gasteiger partial charge in [0, 0.05) is 5.69 Å². The van der Waals surface area contributed by atoms with Crippen molar-refractivity contribution in [2.75, 3.05) is 18.0 Å². The maximum atomic E-state index is 13.3. The van der Waals surface area contributed by atoms with Gasteiger partial charge in [0.05, 0.1) is 11.5 Å². The highest BCUT2D eigenvalue weighted by molar-refractivity contribution is 6.06. The molecule has 2 aliphatic rings. The summed E-state index contributed by atoms with van der Waals surface area (Å²) in [6.07, 6.45) is 1.51. The molecule has 0 saturated carbocycles. The van der Waals surface area contributed by atoms with Gasteiger partial charge in [0.1, 0.15) is 11.6 Å². The second-order valence-electron chi connectivity index (χ2n) is 6.51. The summed E-state index contributed by atoms with van der Waals surface area (Å²) >= 11 is 0. The lowest BCUT2D eigenvalue weighted by molar-refractivity contribution is -0.142. The summed E-state index contributed by atoms with van der Waals surface area (Å²) in [7, 11) is 0. The van der Waals surface area contributed by atoms with Gasteiger partial charge in [-0.2, -0.15) is 0 Å². The highest BCUT2D eigenvalue weighted by Gasteiger charge is 2.61. The molecule has 0 bridgehead atoms. The number of rotatable bonds is 2. The molecule has 1 atom stereocenters. The van der Waals surface area contributed by atoms with Gasteiger partial charge in [0.2, 0.25) is 5.91 Å². The number of nitrogens with one attached hydrogen (secondary N) is 1. The number of halogens is 2. The molecule has 24 heavy (non-hydrogen) atoms. The van der Waals surface area contributed by atoms with Gasteiger partial charge in [-0.15, -0.1) is 0 Å². The first-order valence-electron chi connectivity index (χ1n) is 8.17. The normalized spacial score (nSPS) is 22.5. The van der Waals surface area contributed by atoms with E-state index in [1.165, 1.54) is 24.3 Å². The van der Waals surface area contributed by atoms with E-state index in [1.807, 2.05) is 0 Å². The standard InChI is InChI=1S/C19H18F2N2O/c20-14-3-1-13(2-4-14)17-19(9-11-22-12-10-19)18(24)23(17)16-7-5-15(21)6-8-16/h1-8,17,22H,9-12H2. The second-order valence-corrected chi connectivity index (χ2v) is 6.51. The van der Waals surface area contributed by atoms with Crippen molar-refractivity contribution >= 4 is 11.6 Å². The molecule has 3 nitrogen and oxygen atoms in total. The summed E-state index contributed by atoms with van der Waals surface area (Å²) in [5.41, 5.74) is 1.15. The van der Waals surface area contributed by atoms with Crippen LogP contribution >= 0.6 is 0 Å². The van der Waals surface area contributed by atoms with Crippen LogP contribution in [-0.2, 0) is 4.79 Å². The zero-order valence-electron chi connectivity index (χ0n) is 13.1. The summed E-state index contributed by atoms with van der Waals surface area (Å²) in [5.74, 6) is -0.552. The molecule has 2 aromatic carbocycles. The zero-order valence-corrected chi connectivity index (χ0v) is 13.1. The number of carbonyl (C=O) groups is 1. The van der Waals surface area contributed by atoms with Gasteiger partial charge in [-0.05, 0) is 67.9 Å². The van der Waals surface area contributed by atoms with Crippen molar-refractivity contribution in [1.29, 1.82) is 0 Å². The molecule has 0 radical (unpaired) electrons. The molecule has 4 rings (SSSR count). The summed E-state index contributed by atoms with van der Waals surface area (Å²) in [5, 5.41) is 3.29. The number of β-lactam (4-membered cyclic amide) rings is 1. The first kappa shape index (κ1) is 15.3. The molecule has 1 N–H and O–H groups in total. The quantitative estimate of drug-likeness (QED) is 0.857. The largest absolute Gasteiger partial charge is 0.317 e. The summed E-state index contributed by atoms with van der Waals surface area (Å²) in [6, 6.07) is 12.2. The molecule has 1 spiro atoms. The molecule has 2 heterocycles. The number of hydrogen-bond acceptors (Lipinski definition) is 2. The topological polar surface area (TPSA) is 32.3 Å². The van der Waals surface area contributed by atoms with Crippen LogP contribution in [0, 0.1) is 17.0 Å².